The third-order valence-electron chi connectivity index (χ3n) is 1.12. The van der Waals surface area contributed by atoms with E-state index in [0.29, 0.717) is 8.59 Å². The van der Waals surface area contributed by atoms with Gasteiger partial charge in [0.2, 0.25) is 0 Å². The molecule has 1 rings (SSSR count). The molecule has 0 radical (unpaired) electrons. The third kappa shape index (κ3) is 3.95. The van der Waals surface area contributed by atoms with Gasteiger partial charge in [-0.15, -0.1) is 0 Å². The van der Waals surface area contributed by atoms with Crippen LogP contribution < -0.4 is 0 Å². The van der Waals surface area contributed by atoms with Crippen molar-refractivity contribution >= 4 is 46.0 Å². The molecule has 0 unspecified atom stereocenters. The van der Waals surface area contributed by atoms with E-state index in [4.69, 9.17) is 11.6 Å². The van der Waals surface area contributed by atoms with E-state index in [1.54, 1.807) is 12.1 Å². The van der Waals surface area contributed by atoms with Crippen molar-refractivity contribution in [2.24, 2.45) is 0 Å². The molecule has 0 N–H and O–H groups in total. The van der Waals surface area contributed by atoms with Gasteiger partial charge in [-0.2, -0.15) is 13.2 Å². The Kier molecular flexibility index (Phi) is 3.76. The Labute approximate surface area is 96.0 Å². The summed E-state index contributed by atoms with van der Waals surface area (Å²) in [6.07, 6.45) is 0. The lowest BCUT2D eigenvalue weighted by Crippen LogP contribution is -1.99. The van der Waals surface area contributed by atoms with E-state index in [-0.39, 0.29) is 16.7 Å². The summed E-state index contributed by atoms with van der Waals surface area (Å²) >= 11 is 7.25. The molecule has 0 saturated carbocycles. The van der Waals surface area contributed by atoms with Crippen LogP contribution >= 0.6 is 46.0 Å². The zero-order valence-corrected chi connectivity index (χ0v) is 9.76. The summed E-state index contributed by atoms with van der Waals surface area (Å²) in [4.78, 5) is 0.139. The predicted molar refractivity (Wildman–Crippen MR) is 56.1 cm³/mol. The molecule has 0 atom stereocenters. The second-order valence-electron chi connectivity index (χ2n) is 2.12. The molecule has 0 aliphatic rings. The standard InChI is InChI=1S/C7H3ClF3IS/c8-4-1-2-5(12)6(3-4)13-7(9,10)11/h1-3H. The van der Waals surface area contributed by atoms with Gasteiger partial charge in [0.15, 0.2) is 0 Å². The summed E-state index contributed by atoms with van der Waals surface area (Å²) in [6, 6.07) is 4.42. The maximum atomic E-state index is 12.0. The Morgan fingerprint density at radius 3 is 2.46 bits per heavy atom. The average Bonchev–Trinajstić information content (AvgIpc) is 1.94. The van der Waals surface area contributed by atoms with Gasteiger partial charge in [0.05, 0.1) is 0 Å². The molecule has 0 bridgehead atoms. The lowest BCUT2D eigenvalue weighted by atomic mass is 10.4. The van der Waals surface area contributed by atoms with E-state index in [1.165, 1.54) is 6.07 Å². The molecule has 0 saturated heterocycles. The average molecular weight is 339 g/mol. The summed E-state index contributed by atoms with van der Waals surface area (Å²) < 4.78 is 36.5. The van der Waals surface area contributed by atoms with E-state index in [1.807, 2.05) is 22.6 Å². The van der Waals surface area contributed by atoms with Gasteiger partial charge < -0.3 is 0 Å². The first-order valence-corrected chi connectivity index (χ1v) is 5.36. The maximum absolute atomic E-state index is 12.0. The topological polar surface area (TPSA) is 0 Å². The van der Waals surface area contributed by atoms with Gasteiger partial charge in [-0.1, -0.05) is 11.6 Å². The first-order valence-electron chi connectivity index (χ1n) is 3.09. The SMILES string of the molecule is FC(F)(F)Sc1cc(Cl)ccc1I. The first-order chi connectivity index (χ1) is 5.88. The number of benzene rings is 1. The zero-order chi connectivity index (χ0) is 10.1. The monoisotopic (exact) mass is 338 g/mol. The molecule has 1 aromatic rings. The van der Waals surface area contributed by atoms with Crippen molar-refractivity contribution in [1.29, 1.82) is 0 Å². The van der Waals surface area contributed by atoms with E-state index >= 15 is 0 Å². The van der Waals surface area contributed by atoms with Crippen molar-refractivity contribution in [3.05, 3.63) is 26.8 Å². The highest BCUT2D eigenvalue weighted by Crippen LogP contribution is 2.39. The van der Waals surface area contributed by atoms with Gasteiger partial charge in [-0.05, 0) is 52.6 Å². The summed E-state index contributed by atoms with van der Waals surface area (Å²) in [5.74, 6) is 0. The van der Waals surface area contributed by atoms with Gasteiger partial charge in [-0.25, -0.2) is 0 Å². The van der Waals surface area contributed by atoms with Crippen LogP contribution in [0.15, 0.2) is 23.1 Å². The molecule has 72 valence electrons. The molecular formula is C7H3ClF3IS. The quantitative estimate of drug-likeness (QED) is 0.534. The van der Waals surface area contributed by atoms with Gasteiger partial charge in [-0.3, -0.25) is 0 Å². The van der Waals surface area contributed by atoms with Crippen LogP contribution in [0.5, 0.6) is 0 Å². The predicted octanol–water partition coefficient (Wildman–Crippen LogP) is 4.56. The van der Waals surface area contributed by atoms with Gasteiger partial charge >= 0.3 is 5.51 Å². The van der Waals surface area contributed by atoms with E-state index in [2.05, 4.69) is 0 Å². The van der Waals surface area contributed by atoms with Crippen LogP contribution in [0.25, 0.3) is 0 Å². The number of alkyl halides is 3. The van der Waals surface area contributed by atoms with Crippen molar-refractivity contribution in [1.82, 2.24) is 0 Å². The molecule has 0 amide bonds. The van der Waals surface area contributed by atoms with E-state index in [0.717, 1.165) is 0 Å². The van der Waals surface area contributed by atoms with Crippen molar-refractivity contribution in [2.45, 2.75) is 10.4 Å². The van der Waals surface area contributed by atoms with Gasteiger partial charge in [0, 0.05) is 13.5 Å². The smallest absolute Gasteiger partial charge is 0.160 e. The minimum absolute atomic E-state index is 0.139. The lowest BCUT2D eigenvalue weighted by Gasteiger charge is -2.07. The molecule has 0 spiro atoms. The Morgan fingerprint density at radius 2 is 1.92 bits per heavy atom. The number of rotatable bonds is 1. The second-order valence-corrected chi connectivity index (χ2v) is 4.83. The van der Waals surface area contributed by atoms with Crippen molar-refractivity contribution in [3.63, 3.8) is 0 Å². The van der Waals surface area contributed by atoms with Crippen LogP contribution in [-0.2, 0) is 0 Å². The molecule has 13 heavy (non-hydrogen) atoms. The van der Waals surface area contributed by atoms with Crippen LogP contribution in [0.2, 0.25) is 5.02 Å². The van der Waals surface area contributed by atoms with Crippen LogP contribution in [0, 0.1) is 3.57 Å². The highest BCUT2D eigenvalue weighted by molar-refractivity contribution is 14.1. The number of halogens is 5. The molecule has 0 aliphatic heterocycles. The summed E-state index contributed by atoms with van der Waals surface area (Å²) in [7, 11) is 0. The lowest BCUT2D eigenvalue weighted by molar-refractivity contribution is -0.0328. The number of hydrogen-bond donors (Lipinski definition) is 0. The molecule has 0 heterocycles. The highest BCUT2D eigenvalue weighted by Gasteiger charge is 2.30. The van der Waals surface area contributed by atoms with Gasteiger partial charge in [0.25, 0.3) is 0 Å². The third-order valence-corrected chi connectivity index (χ3v) is 3.45. The Morgan fingerprint density at radius 1 is 1.31 bits per heavy atom. The second kappa shape index (κ2) is 4.27. The minimum atomic E-state index is -4.26. The minimum Gasteiger partial charge on any atom is -0.160 e. The van der Waals surface area contributed by atoms with E-state index < -0.39 is 5.51 Å². The fourth-order valence-corrected chi connectivity index (χ4v) is 2.18. The fraction of sp³-hybridized carbons (Fsp3) is 0.143. The number of thioether (sulfide) groups is 1. The first kappa shape index (κ1) is 11.5. The largest absolute Gasteiger partial charge is 0.446 e. The molecule has 1 aromatic carbocycles. The maximum Gasteiger partial charge on any atom is 0.446 e. The zero-order valence-electron chi connectivity index (χ0n) is 6.03. The van der Waals surface area contributed by atoms with Crippen LogP contribution in [0.3, 0.4) is 0 Å². The van der Waals surface area contributed by atoms with Crippen LogP contribution in [0.1, 0.15) is 0 Å². The van der Waals surface area contributed by atoms with Crippen LogP contribution in [-0.4, -0.2) is 5.51 Å². The normalized spacial score (nSPS) is 11.8. The Hall–Kier alpha value is 0.380. The van der Waals surface area contributed by atoms with Crippen molar-refractivity contribution in [2.75, 3.05) is 0 Å². The molecular weight excluding hydrogens is 335 g/mol. The van der Waals surface area contributed by atoms with E-state index in [9.17, 15) is 13.2 Å². The highest BCUT2D eigenvalue weighted by atomic mass is 127. The number of hydrogen-bond acceptors (Lipinski definition) is 1. The summed E-state index contributed by atoms with van der Waals surface area (Å²) in [6.45, 7) is 0. The molecule has 0 aliphatic carbocycles. The Bertz CT molecular complexity index is 313. The Balaban J connectivity index is 2.94. The molecule has 0 aromatic heterocycles. The van der Waals surface area contributed by atoms with Crippen molar-refractivity contribution in [3.8, 4) is 0 Å². The van der Waals surface area contributed by atoms with Crippen molar-refractivity contribution < 1.29 is 13.2 Å². The molecule has 6 heteroatoms. The summed E-state index contributed by atoms with van der Waals surface area (Å²) in [5, 5.41) is 0.312. The fourth-order valence-electron chi connectivity index (χ4n) is 0.680. The summed E-state index contributed by atoms with van der Waals surface area (Å²) in [5.41, 5.74) is -4.26. The van der Waals surface area contributed by atoms with Crippen LogP contribution in [0.4, 0.5) is 13.2 Å². The molecule has 0 nitrogen and oxygen atoms in total. The van der Waals surface area contributed by atoms with Gasteiger partial charge in [0.1, 0.15) is 0 Å². The molecule has 0 fully saturated rings.